The molecule has 1 unspecified atom stereocenters. The molecule has 0 bridgehead atoms. The number of halogens is 1. The molecule has 7 nitrogen and oxygen atoms in total. The normalized spacial score (nSPS) is 21.3. The van der Waals surface area contributed by atoms with Gasteiger partial charge < -0.3 is 14.6 Å². The molecule has 8 heteroatoms. The molecule has 1 N–H and O–H groups in total. The zero-order chi connectivity index (χ0) is 18.1. The smallest absolute Gasteiger partial charge is 0.341 e. The molecule has 132 valence electrons. The van der Waals surface area contributed by atoms with Gasteiger partial charge in [-0.3, -0.25) is 9.69 Å². The number of carbonyl (C=O) groups excluding carboxylic acids is 2. The van der Waals surface area contributed by atoms with Gasteiger partial charge in [0.2, 0.25) is 0 Å². The first-order chi connectivity index (χ1) is 11.0. The van der Waals surface area contributed by atoms with Crippen molar-refractivity contribution in [3.05, 3.63) is 21.9 Å². The maximum absolute atomic E-state index is 12.7. The summed E-state index contributed by atoms with van der Waals surface area (Å²) in [7, 11) is 0. The third-order valence-corrected chi connectivity index (χ3v) is 3.99. The fraction of sp³-hybridized carbons (Fsp3) is 0.562. The Labute approximate surface area is 154 Å². The number of rotatable bonds is 3. The van der Waals surface area contributed by atoms with Crippen molar-refractivity contribution < 1.29 is 24.2 Å². The Bertz CT molecular complexity index is 642. The van der Waals surface area contributed by atoms with Gasteiger partial charge in [-0.2, -0.15) is 0 Å². The van der Waals surface area contributed by atoms with Crippen LogP contribution in [-0.2, 0) is 19.1 Å². The summed E-state index contributed by atoms with van der Waals surface area (Å²) in [5.74, 6) is -0.961. The lowest BCUT2D eigenvalue weighted by Crippen LogP contribution is -2.61. The van der Waals surface area contributed by atoms with E-state index in [1.807, 2.05) is 6.07 Å². The summed E-state index contributed by atoms with van der Waals surface area (Å²) in [5, 5.41) is 10.6. The highest BCUT2D eigenvalue weighted by Gasteiger charge is 2.50. The number of esters is 1. The summed E-state index contributed by atoms with van der Waals surface area (Å²) in [5.41, 5.74) is -2.87. The van der Waals surface area contributed by atoms with Crippen molar-refractivity contribution >= 4 is 40.3 Å². The summed E-state index contributed by atoms with van der Waals surface area (Å²) >= 11 is 2.05. The molecule has 24 heavy (non-hydrogen) atoms. The van der Waals surface area contributed by atoms with Crippen LogP contribution in [0.2, 0.25) is 0 Å². The highest BCUT2D eigenvalue weighted by atomic mass is 127. The van der Waals surface area contributed by atoms with Gasteiger partial charge in [0.05, 0.1) is 13.2 Å². The van der Waals surface area contributed by atoms with E-state index < -0.39 is 29.2 Å². The molecule has 2 atom stereocenters. The van der Waals surface area contributed by atoms with Gasteiger partial charge in [-0.1, -0.05) is 6.07 Å². The van der Waals surface area contributed by atoms with Gasteiger partial charge in [0.25, 0.3) is 5.91 Å². The molecule has 1 saturated heterocycles. The quantitative estimate of drug-likeness (QED) is 0.429. The monoisotopic (exact) mass is 448 g/mol. The zero-order valence-electron chi connectivity index (χ0n) is 14.1. The van der Waals surface area contributed by atoms with Crippen molar-refractivity contribution in [1.82, 2.24) is 4.98 Å². The first-order valence-corrected chi connectivity index (χ1v) is 8.61. The second kappa shape index (κ2) is 6.93. The average Bonchev–Trinajstić information content (AvgIpc) is 2.45. The molecular formula is C16H21IN2O5. The van der Waals surface area contributed by atoms with Crippen LogP contribution >= 0.6 is 22.6 Å². The Balaban J connectivity index is 2.24. The lowest BCUT2D eigenvalue weighted by molar-refractivity contribution is -0.194. The van der Waals surface area contributed by atoms with Crippen LogP contribution in [0, 0.1) is 3.70 Å². The number of morpholine rings is 1. The van der Waals surface area contributed by atoms with Gasteiger partial charge >= 0.3 is 5.97 Å². The van der Waals surface area contributed by atoms with Crippen molar-refractivity contribution in [3.8, 4) is 0 Å². The molecule has 0 spiro atoms. The second-order valence-electron chi connectivity index (χ2n) is 6.71. The highest BCUT2D eigenvalue weighted by molar-refractivity contribution is 14.1. The molecule has 0 saturated carbocycles. The number of hydrogen-bond donors (Lipinski definition) is 1. The predicted octanol–water partition coefficient (Wildman–Crippen LogP) is 1.51. The number of amides is 1. The topological polar surface area (TPSA) is 89.0 Å². The van der Waals surface area contributed by atoms with Gasteiger partial charge in [0, 0.05) is 0 Å². The van der Waals surface area contributed by atoms with Crippen molar-refractivity contribution in [2.24, 2.45) is 0 Å². The minimum atomic E-state index is -2.09. The van der Waals surface area contributed by atoms with E-state index in [2.05, 4.69) is 27.6 Å². The summed E-state index contributed by atoms with van der Waals surface area (Å²) in [4.78, 5) is 30.7. The van der Waals surface area contributed by atoms with E-state index in [4.69, 9.17) is 9.47 Å². The number of aromatic nitrogens is 1. The third-order valence-electron chi connectivity index (χ3n) is 3.39. The van der Waals surface area contributed by atoms with Crippen LogP contribution in [0.4, 0.5) is 5.82 Å². The van der Waals surface area contributed by atoms with Gasteiger partial charge in [0.15, 0.2) is 11.7 Å². The Morgan fingerprint density at radius 2 is 2.08 bits per heavy atom. The lowest BCUT2D eigenvalue weighted by Gasteiger charge is -2.38. The van der Waals surface area contributed by atoms with Crippen molar-refractivity contribution in [3.63, 3.8) is 0 Å². The SMILES string of the molecule is CC(C)(C)OC(=O)C(C)(O)[C@H]1OCCN(c2cccc(I)n2)C1=O. The van der Waals surface area contributed by atoms with Crippen molar-refractivity contribution in [1.29, 1.82) is 0 Å². The molecule has 0 aliphatic carbocycles. The molecule has 1 aromatic rings. The fourth-order valence-electron chi connectivity index (χ4n) is 2.25. The van der Waals surface area contributed by atoms with Crippen LogP contribution in [0.1, 0.15) is 27.7 Å². The van der Waals surface area contributed by atoms with Crippen molar-refractivity contribution in [2.75, 3.05) is 18.1 Å². The number of aliphatic hydroxyl groups is 1. The van der Waals surface area contributed by atoms with Crippen LogP contribution in [0.5, 0.6) is 0 Å². The first kappa shape index (κ1) is 19.1. The minimum absolute atomic E-state index is 0.183. The number of nitrogens with zero attached hydrogens (tertiary/aromatic N) is 2. The number of carbonyl (C=O) groups is 2. The van der Waals surface area contributed by atoms with Gasteiger partial charge in [-0.05, 0) is 62.4 Å². The Hall–Kier alpha value is -1.26. The molecular weight excluding hydrogens is 427 g/mol. The van der Waals surface area contributed by atoms with Crippen molar-refractivity contribution in [2.45, 2.75) is 45.0 Å². The Morgan fingerprint density at radius 3 is 2.67 bits per heavy atom. The summed E-state index contributed by atoms with van der Waals surface area (Å²) < 4.78 is 11.3. The van der Waals surface area contributed by atoms with Crippen LogP contribution in [-0.4, -0.2) is 52.4 Å². The van der Waals surface area contributed by atoms with E-state index in [1.54, 1.807) is 32.9 Å². The summed E-state index contributed by atoms with van der Waals surface area (Å²) in [6.45, 7) is 6.77. The largest absolute Gasteiger partial charge is 0.458 e. The molecule has 1 aromatic heterocycles. The van der Waals surface area contributed by atoms with E-state index in [-0.39, 0.29) is 6.61 Å². The van der Waals surface area contributed by atoms with Gasteiger partial charge in [0.1, 0.15) is 15.1 Å². The number of anilines is 1. The van der Waals surface area contributed by atoms with Crippen LogP contribution < -0.4 is 4.90 Å². The predicted molar refractivity (Wildman–Crippen MR) is 95.5 cm³/mol. The van der Waals surface area contributed by atoms with E-state index in [0.29, 0.717) is 12.4 Å². The zero-order valence-corrected chi connectivity index (χ0v) is 16.2. The van der Waals surface area contributed by atoms with E-state index in [0.717, 1.165) is 3.70 Å². The lowest BCUT2D eigenvalue weighted by atomic mass is 9.96. The molecule has 0 aromatic carbocycles. The fourth-order valence-corrected chi connectivity index (χ4v) is 2.71. The Kier molecular flexibility index (Phi) is 5.50. The van der Waals surface area contributed by atoms with Gasteiger partial charge in [-0.25, -0.2) is 9.78 Å². The highest BCUT2D eigenvalue weighted by Crippen LogP contribution is 2.26. The molecule has 0 radical (unpaired) electrons. The third kappa shape index (κ3) is 4.22. The molecule has 2 rings (SSSR count). The number of ether oxygens (including phenoxy) is 2. The maximum Gasteiger partial charge on any atom is 0.341 e. The van der Waals surface area contributed by atoms with E-state index in [9.17, 15) is 14.7 Å². The summed E-state index contributed by atoms with van der Waals surface area (Å²) in [6, 6.07) is 5.29. The summed E-state index contributed by atoms with van der Waals surface area (Å²) in [6.07, 6.45) is -1.35. The van der Waals surface area contributed by atoms with E-state index in [1.165, 1.54) is 11.8 Å². The molecule has 1 amide bonds. The maximum atomic E-state index is 12.7. The standard InChI is InChI=1S/C16H21IN2O5/c1-15(2,3)24-14(21)16(4,22)12-13(20)19(8-9-23-12)11-7-5-6-10(17)18-11/h5-7,12,22H,8-9H2,1-4H3/t12-,16?/m0/s1. The Morgan fingerprint density at radius 1 is 1.42 bits per heavy atom. The molecule has 2 heterocycles. The molecule has 1 aliphatic heterocycles. The number of hydrogen-bond acceptors (Lipinski definition) is 6. The molecule has 1 fully saturated rings. The minimum Gasteiger partial charge on any atom is -0.458 e. The van der Waals surface area contributed by atoms with Crippen LogP contribution in [0.15, 0.2) is 18.2 Å². The second-order valence-corrected chi connectivity index (χ2v) is 7.81. The molecule has 1 aliphatic rings. The van der Waals surface area contributed by atoms with Crippen LogP contribution in [0.25, 0.3) is 0 Å². The first-order valence-electron chi connectivity index (χ1n) is 7.54. The van der Waals surface area contributed by atoms with Gasteiger partial charge in [-0.15, -0.1) is 0 Å². The average molecular weight is 448 g/mol. The van der Waals surface area contributed by atoms with Crippen LogP contribution in [0.3, 0.4) is 0 Å². The van der Waals surface area contributed by atoms with E-state index >= 15 is 0 Å². The number of pyridine rings is 1.